The second-order valence-electron chi connectivity index (χ2n) is 7.87. The van der Waals surface area contributed by atoms with Gasteiger partial charge in [-0.15, -0.1) is 0 Å². The zero-order chi connectivity index (χ0) is 16.5. The Hall–Kier alpha value is -1.03. The molecule has 0 heterocycles. The number of hydrogen-bond donors (Lipinski definition) is 0. The summed E-state index contributed by atoms with van der Waals surface area (Å²) in [5.41, 5.74) is 5.54. The smallest absolute Gasteiger partial charge is 0.0646 e. The minimum absolute atomic E-state index is 0.197. The lowest BCUT2D eigenvalue weighted by molar-refractivity contribution is 0.590. The molecule has 2 aromatic carbocycles. The van der Waals surface area contributed by atoms with Crippen LogP contribution in [0.2, 0.25) is 0 Å². The van der Waals surface area contributed by atoms with Gasteiger partial charge in [0.1, 0.15) is 0 Å². The van der Waals surface area contributed by atoms with Crippen LogP contribution in [0.25, 0.3) is 0 Å². The standard InChI is InChI=1S/C20H26IN/c1-19(2,3)15-7-11-17(12-8-15)22(21)18-13-9-16(10-14-18)20(4,5)6/h7-14H,1-6H3. The van der Waals surface area contributed by atoms with Gasteiger partial charge in [0.05, 0.1) is 34.2 Å². The first-order chi connectivity index (χ1) is 10.1. The molecule has 0 fully saturated rings. The van der Waals surface area contributed by atoms with Crippen molar-refractivity contribution in [3.8, 4) is 0 Å². The van der Waals surface area contributed by atoms with Gasteiger partial charge in [-0.25, -0.2) is 0 Å². The van der Waals surface area contributed by atoms with Gasteiger partial charge >= 0.3 is 0 Å². The lowest BCUT2D eigenvalue weighted by Crippen LogP contribution is -2.12. The van der Waals surface area contributed by atoms with E-state index in [1.54, 1.807) is 0 Å². The van der Waals surface area contributed by atoms with E-state index in [-0.39, 0.29) is 10.8 Å². The van der Waals surface area contributed by atoms with Crippen molar-refractivity contribution in [2.24, 2.45) is 0 Å². The van der Waals surface area contributed by atoms with Crippen molar-refractivity contribution in [1.29, 1.82) is 0 Å². The van der Waals surface area contributed by atoms with Crippen molar-refractivity contribution in [3.05, 3.63) is 59.7 Å². The number of anilines is 2. The van der Waals surface area contributed by atoms with Gasteiger partial charge in [0.25, 0.3) is 0 Å². The summed E-state index contributed by atoms with van der Waals surface area (Å²) < 4.78 is 2.20. The van der Waals surface area contributed by atoms with E-state index in [0.29, 0.717) is 0 Å². The average molecular weight is 407 g/mol. The first-order valence-electron chi connectivity index (χ1n) is 7.76. The Morgan fingerprint density at radius 2 is 0.864 bits per heavy atom. The molecular formula is C20H26IN. The van der Waals surface area contributed by atoms with Crippen molar-refractivity contribution in [2.45, 2.75) is 52.4 Å². The van der Waals surface area contributed by atoms with Crippen molar-refractivity contribution in [1.82, 2.24) is 0 Å². The highest BCUT2D eigenvalue weighted by atomic mass is 127. The lowest BCUT2D eigenvalue weighted by atomic mass is 9.87. The topological polar surface area (TPSA) is 3.24 Å². The number of hydrogen-bond acceptors (Lipinski definition) is 1. The van der Waals surface area contributed by atoms with Crippen LogP contribution in [0.3, 0.4) is 0 Å². The van der Waals surface area contributed by atoms with Crippen LogP contribution < -0.4 is 3.11 Å². The quantitative estimate of drug-likeness (QED) is 0.392. The molecule has 1 nitrogen and oxygen atoms in total. The van der Waals surface area contributed by atoms with Gasteiger partial charge in [0.15, 0.2) is 0 Å². The lowest BCUT2D eigenvalue weighted by Gasteiger charge is -2.23. The van der Waals surface area contributed by atoms with E-state index < -0.39 is 0 Å². The zero-order valence-corrected chi connectivity index (χ0v) is 16.6. The van der Waals surface area contributed by atoms with Gasteiger partial charge in [-0.2, -0.15) is 0 Å². The first kappa shape index (κ1) is 17.3. The summed E-state index contributed by atoms with van der Waals surface area (Å²) in [5, 5.41) is 0. The fourth-order valence-electron chi connectivity index (χ4n) is 2.33. The molecule has 0 N–H and O–H groups in total. The van der Waals surface area contributed by atoms with E-state index in [2.05, 4.69) is 116 Å². The Morgan fingerprint density at radius 1 is 0.591 bits per heavy atom. The number of nitrogens with zero attached hydrogens (tertiary/aromatic N) is 1. The third-order valence-corrected chi connectivity index (χ3v) is 5.03. The predicted octanol–water partition coefficient (Wildman–Crippen LogP) is 6.77. The number of rotatable bonds is 2. The Morgan fingerprint density at radius 3 is 1.09 bits per heavy atom. The highest BCUT2D eigenvalue weighted by Crippen LogP contribution is 2.33. The van der Waals surface area contributed by atoms with E-state index in [1.165, 1.54) is 22.5 Å². The molecule has 0 aliphatic rings. The fraction of sp³-hybridized carbons (Fsp3) is 0.400. The molecule has 0 aromatic heterocycles. The highest BCUT2D eigenvalue weighted by Gasteiger charge is 2.16. The van der Waals surface area contributed by atoms with Gasteiger partial charge in [-0.1, -0.05) is 65.8 Å². The molecule has 0 aliphatic carbocycles. The molecule has 22 heavy (non-hydrogen) atoms. The molecule has 0 amide bonds. The maximum absolute atomic E-state index is 2.37. The maximum atomic E-state index is 2.37. The van der Waals surface area contributed by atoms with Crippen LogP contribution in [-0.4, -0.2) is 0 Å². The monoisotopic (exact) mass is 407 g/mol. The Balaban J connectivity index is 2.23. The molecule has 0 atom stereocenters. The minimum atomic E-state index is 0.197. The average Bonchev–Trinajstić information content (AvgIpc) is 2.45. The van der Waals surface area contributed by atoms with Crippen LogP contribution in [0.5, 0.6) is 0 Å². The molecule has 2 aromatic rings. The van der Waals surface area contributed by atoms with Gasteiger partial charge in [-0.3, -0.25) is 3.11 Å². The van der Waals surface area contributed by atoms with Crippen molar-refractivity contribution in [2.75, 3.05) is 3.11 Å². The number of benzene rings is 2. The molecular weight excluding hydrogens is 381 g/mol. The normalized spacial score (nSPS) is 12.3. The third kappa shape index (κ3) is 4.03. The Bertz CT molecular complexity index is 555. The molecule has 0 saturated carbocycles. The largest absolute Gasteiger partial charge is 0.283 e. The SMILES string of the molecule is CC(C)(C)c1ccc(N(I)c2ccc(C(C)(C)C)cc2)cc1. The molecule has 2 rings (SSSR count). The summed E-state index contributed by atoms with van der Waals surface area (Å²) in [5.74, 6) is 0. The number of halogens is 1. The van der Waals surface area contributed by atoms with Gasteiger partial charge in [-0.05, 0) is 46.2 Å². The van der Waals surface area contributed by atoms with Gasteiger partial charge < -0.3 is 0 Å². The summed E-state index contributed by atoms with van der Waals surface area (Å²) in [6.07, 6.45) is 0. The van der Waals surface area contributed by atoms with Gasteiger partial charge in [0.2, 0.25) is 0 Å². The minimum Gasteiger partial charge on any atom is -0.283 e. The van der Waals surface area contributed by atoms with Crippen LogP contribution in [0.4, 0.5) is 11.4 Å². The summed E-state index contributed by atoms with van der Waals surface area (Å²) in [6.45, 7) is 13.5. The van der Waals surface area contributed by atoms with Gasteiger partial charge in [0, 0.05) is 0 Å². The van der Waals surface area contributed by atoms with Crippen LogP contribution in [0.15, 0.2) is 48.5 Å². The summed E-state index contributed by atoms with van der Waals surface area (Å²) in [6, 6.07) is 17.7. The van der Waals surface area contributed by atoms with E-state index in [4.69, 9.17) is 0 Å². The highest BCUT2D eigenvalue weighted by molar-refractivity contribution is 14.1. The molecule has 2 heteroatoms. The summed E-state index contributed by atoms with van der Waals surface area (Å²) >= 11 is 2.37. The summed E-state index contributed by atoms with van der Waals surface area (Å²) in [7, 11) is 0. The summed E-state index contributed by atoms with van der Waals surface area (Å²) in [4.78, 5) is 0. The third-order valence-electron chi connectivity index (χ3n) is 3.92. The molecule has 118 valence electrons. The molecule has 0 radical (unpaired) electrons. The fourth-order valence-corrected chi connectivity index (χ4v) is 2.98. The second kappa shape index (κ2) is 6.23. The molecule has 0 aliphatic heterocycles. The molecule has 0 unspecified atom stereocenters. The molecule has 0 spiro atoms. The van der Waals surface area contributed by atoms with E-state index in [9.17, 15) is 0 Å². The second-order valence-corrected chi connectivity index (χ2v) is 8.84. The van der Waals surface area contributed by atoms with Crippen LogP contribution in [-0.2, 0) is 10.8 Å². The Labute approximate surface area is 149 Å². The van der Waals surface area contributed by atoms with Crippen molar-refractivity contribution in [3.63, 3.8) is 0 Å². The Kier molecular flexibility index (Phi) is 4.90. The van der Waals surface area contributed by atoms with E-state index in [1.807, 2.05) is 0 Å². The van der Waals surface area contributed by atoms with Crippen molar-refractivity contribution >= 4 is 34.2 Å². The molecule has 0 saturated heterocycles. The predicted molar refractivity (Wildman–Crippen MR) is 106 cm³/mol. The van der Waals surface area contributed by atoms with E-state index >= 15 is 0 Å². The van der Waals surface area contributed by atoms with Crippen LogP contribution in [0, 0.1) is 0 Å². The maximum Gasteiger partial charge on any atom is 0.0646 e. The van der Waals surface area contributed by atoms with Crippen molar-refractivity contribution < 1.29 is 0 Å². The van der Waals surface area contributed by atoms with E-state index in [0.717, 1.165) is 0 Å². The first-order valence-corrected chi connectivity index (χ1v) is 8.72. The zero-order valence-electron chi connectivity index (χ0n) is 14.4. The van der Waals surface area contributed by atoms with Crippen LogP contribution in [0.1, 0.15) is 52.7 Å². The van der Waals surface area contributed by atoms with Crippen LogP contribution >= 0.6 is 22.9 Å². The molecule has 0 bridgehead atoms.